The van der Waals surface area contributed by atoms with Crippen LogP contribution in [0, 0.1) is 0 Å². The van der Waals surface area contributed by atoms with E-state index >= 15 is 0 Å². The third-order valence-electron chi connectivity index (χ3n) is 7.36. The van der Waals surface area contributed by atoms with Crippen LogP contribution in [0.25, 0.3) is 33.1 Å². The normalized spacial score (nSPS) is 13.7. The Hall–Kier alpha value is -4.30. The Bertz CT molecular complexity index is 1660. The maximum Gasteiger partial charge on any atom is 0.158 e. The molecule has 1 N–H and O–H groups in total. The highest BCUT2D eigenvalue weighted by molar-refractivity contribution is 6.09. The molecule has 5 aromatic carbocycles. The molecule has 0 saturated carbocycles. The van der Waals surface area contributed by atoms with Crippen molar-refractivity contribution in [3.63, 3.8) is 0 Å². The third-order valence-corrected chi connectivity index (χ3v) is 7.36. The molecule has 6 aromatic rings. The van der Waals surface area contributed by atoms with E-state index in [2.05, 4.69) is 115 Å². The van der Waals surface area contributed by atoms with Crippen molar-refractivity contribution in [1.82, 2.24) is 0 Å². The molecule has 0 radical (unpaired) electrons. The van der Waals surface area contributed by atoms with Gasteiger partial charge in [0.15, 0.2) is 5.58 Å². The van der Waals surface area contributed by atoms with Crippen molar-refractivity contribution in [2.75, 3.05) is 5.32 Å². The summed E-state index contributed by atoms with van der Waals surface area (Å²) in [7, 11) is 0. The Morgan fingerprint density at radius 3 is 1.85 bits per heavy atom. The van der Waals surface area contributed by atoms with Crippen molar-refractivity contribution in [3.8, 4) is 11.1 Å². The van der Waals surface area contributed by atoms with Crippen LogP contribution < -0.4 is 5.32 Å². The summed E-state index contributed by atoms with van der Waals surface area (Å²) in [4.78, 5) is 0. The lowest BCUT2D eigenvalue weighted by atomic mass is 9.73. The lowest BCUT2D eigenvalue weighted by molar-refractivity contribution is 0.670. The number of furan rings is 1. The van der Waals surface area contributed by atoms with E-state index in [0.717, 1.165) is 33.3 Å². The van der Waals surface area contributed by atoms with Gasteiger partial charge in [-0.1, -0.05) is 97.1 Å². The minimum absolute atomic E-state index is 0.265. The van der Waals surface area contributed by atoms with Crippen LogP contribution in [0.15, 0.2) is 120 Å². The lowest BCUT2D eigenvalue weighted by Crippen LogP contribution is -2.23. The van der Waals surface area contributed by atoms with Crippen LogP contribution in [0.1, 0.15) is 23.6 Å². The van der Waals surface area contributed by atoms with Gasteiger partial charge in [-0.05, 0) is 52.9 Å². The topological polar surface area (TPSA) is 25.2 Å². The Morgan fingerprint density at radius 1 is 0.529 bits per heavy atom. The molecule has 0 spiro atoms. The molecule has 0 bridgehead atoms. The van der Waals surface area contributed by atoms with Gasteiger partial charge in [0.2, 0.25) is 0 Å². The molecular weight excluding hydrogens is 414 g/mol. The first kappa shape index (κ1) is 19.2. The smallest absolute Gasteiger partial charge is 0.158 e. The fourth-order valence-electron chi connectivity index (χ4n) is 5.76. The largest absolute Gasteiger partial charge is 0.454 e. The number of rotatable bonds is 3. The van der Waals surface area contributed by atoms with E-state index in [0.29, 0.717) is 0 Å². The third kappa shape index (κ3) is 2.57. The van der Waals surface area contributed by atoms with Gasteiger partial charge in [0.25, 0.3) is 0 Å². The van der Waals surface area contributed by atoms with Crippen LogP contribution in [0.4, 0.5) is 11.4 Å². The van der Waals surface area contributed by atoms with Gasteiger partial charge in [0.1, 0.15) is 5.58 Å². The number of benzene rings is 5. The maximum atomic E-state index is 6.30. The highest BCUT2D eigenvalue weighted by atomic mass is 16.3. The Kier molecular flexibility index (Phi) is 4.01. The molecule has 0 amide bonds. The molecule has 34 heavy (non-hydrogen) atoms. The summed E-state index contributed by atoms with van der Waals surface area (Å²) in [6.45, 7) is 2.35. The van der Waals surface area contributed by atoms with Crippen molar-refractivity contribution in [3.05, 3.63) is 132 Å². The van der Waals surface area contributed by atoms with Crippen molar-refractivity contribution >= 4 is 33.3 Å². The predicted octanol–water partition coefficient (Wildman–Crippen LogP) is 8.66. The second-order valence-corrected chi connectivity index (χ2v) is 9.17. The van der Waals surface area contributed by atoms with Crippen LogP contribution in [0.5, 0.6) is 0 Å². The molecule has 2 nitrogen and oxygen atoms in total. The van der Waals surface area contributed by atoms with Crippen molar-refractivity contribution in [2.45, 2.75) is 12.3 Å². The average Bonchev–Trinajstić information content (AvgIpc) is 3.40. The molecule has 1 aliphatic rings. The van der Waals surface area contributed by atoms with Gasteiger partial charge in [0.05, 0.1) is 5.69 Å². The average molecular weight is 438 g/mol. The molecule has 0 fully saturated rings. The van der Waals surface area contributed by atoms with Gasteiger partial charge < -0.3 is 9.73 Å². The number of nitrogens with one attached hydrogen (secondary N) is 1. The fraction of sp³-hybridized carbons (Fsp3) is 0.0625. The number of fused-ring (bicyclic) bond motifs is 6. The molecule has 1 aliphatic carbocycles. The van der Waals surface area contributed by atoms with Gasteiger partial charge in [-0.2, -0.15) is 0 Å². The number of anilines is 2. The second-order valence-electron chi connectivity index (χ2n) is 9.17. The zero-order valence-electron chi connectivity index (χ0n) is 18.9. The zero-order chi connectivity index (χ0) is 22.7. The first-order chi connectivity index (χ1) is 16.7. The van der Waals surface area contributed by atoms with Crippen LogP contribution in [0.3, 0.4) is 0 Å². The van der Waals surface area contributed by atoms with E-state index in [9.17, 15) is 0 Å². The second kappa shape index (κ2) is 7.10. The minimum atomic E-state index is -0.265. The van der Waals surface area contributed by atoms with E-state index in [-0.39, 0.29) is 5.41 Å². The van der Waals surface area contributed by atoms with E-state index in [1.807, 2.05) is 12.1 Å². The predicted molar refractivity (Wildman–Crippen MR) is 141 cm³/mol. The van der Waals surface area contributed by atoms with Crippen molar-refractivity contribution in [1.29, 1.82) is 0 Å². The summed E-state index contributed by atoms with van der Waals surface area (Å²) in [5.74, 6) is 0. The van der Waals surface area contributed by atoms with E-state index in [4.69, 9.17) is 4.42 Å². The van der Waals surface area contributed by atoms with Crippen LogP contribution in [-0.2, 0) is 5.41 Å². The van der Waals surface area contributed by atoms with Crippen LogP contribution in [0.2, 0.25) is 0 Å². The highest BCUT2D eigenvalue weighted by Gasteiger charge is 2.41. The zero-order valence-corrected chi connectivity index (χ0v) is 18.9. The Morgan fingerprint density at radius 2 is 1.09 bits per heavy atom. The summed E-state index contributed by atoms with van der Waals surface area (Å²) >= 11 is 0. The maximum absolute atomic E-state index is 6.30. The molecule has 1 heterocycles. The lowest BCUT2D eigenvalue weighted by Gasteiger charge is -2.30. The van der Waals surface area contributed by atoms with Crippen LogP contribution >= 0.6 is 0 Å². The summed E-state index contributed by atoms with van der Waals surface area (Å²) in [6.07, 6.45) is 0. The molecule has 2 heteroatoms. The van der Waals surface area contributed by atoms with Gasteiger partial charge in [-0.3, -0.25) is 0 Å². The number of para-hydroxylation sites is 3. The standard InChI is InChI=1S/C32H23NO/c1-32(25-15-5-2-11-21(25)22-12-3-6-16-26(22)32)27-17-7-8-18-28(27)33-29-19-10-14-24-23-13-4-9-20-30(23)34-31(24)29/h2-20,33H,1H3. The summed E-state index contributed by atoms with van der Waals surface area (Å²) in [6, 6.07) is 40.8. The molecule has 0 unspecified atom stereocenters. The summed E-state index contributed by atoms with van der Waals surface area (Å²) in [5.41, 5.74) is 10.2. The van der Waals surface area contributed by atoms with Gasteiger partial charge in [-0.25, -0.2) is 0 Å². The van der Waals surface area contributed by atoms with Crippen LogP contribution in [-0.4, -0.2) is 0 Å². The summed E-state index contributed by atoms with van der Waals surface area (Å²) in [5, 5.41) is 6.01. The molecule has 0 atom stereocenters. The first-order valence-corrected chi connectivity index (χ1v) is 11.7. The van der Waals surface area contributed by atoms with E-state index < -0.39 is 0 Å². The first-order valence-electron chi connectivity index (χ1n) is 11.7. The van der Waals surface area contributed by atoms with Gasteiger partial charge >= 0.3 is 0 Å². The number of hydrogen-bond acceptors (Lipinski definition) is 2. The fourth-order valence-corrected chi connectivity index (χ4v) is 5.76. The monoisotopic (exact) mass is 437 g/mol. The highest BCUT2D eigenvalue weighted by Crippen LogP contribution is 2.54. The van der Waals surface area contributed by atoms with Crippen molar-refractivity contribution in [2.24, 2.45) is 0 Å². The molecule has 0 aliphatic heterocycles. The van der Waals surface area contributed by atoms with Gasteiger partial charge in [-0.15, -0.1) is 0 Å². The molecular formula is C32H23NO. The quantitative estimate of drug-likeness (QED) is 0.300. The minimum Gasteiger partial charge on any atom is -0.454 e. The van der Waals surface area contributed by atoms with E-state index in [1.54, 1.807) is 0 Å². The molecule has 0 saturated heterocycles. The van der Waals surface area contributed by atoms with E-state index in [1.165, 1.54) is 27.8 Å². The Balaban J connectivity index is 1.43. The number of hydrogen-bond donors (Lipinski definition) is 1. The molecule has 7 rings (SSSR count). The summed E-state index contributed by atoms with van der Waals surface area (Å²) < 4.78 is 6.30. The SMILES string of the molecule is CC1(c2ccccc2Nc2cccc3c2oc2ccccc23)c2ccccc2-c2ccccc21. The van der Waals surface area contributed by atoms with Gasteiger partial charge in [0, 0.05) is 21.9 Å². The van der Waals surface area contributed by atoms with Crippen molar-refractivity contribution < 1.29 is 4.42 Å². The molecule has 162 valence electrons. The Labute approximate surface area is 198 Å². The molecule has 1 aromatic heterocycles.